The monoisotopic (exact) mass is 237 g/mol. The average Bonchev–Trinajstić information content (AvgIpc) is 2.68. The summed E-state index contributed by atoms with van der Waals surface area (Å²) in [7, 11) is 1.77. The first-order chi connectivity index (χ1) is 8.26. The van der Waals surface area contributed by atoms with Crippen molar-refractivity contribution in [2.45, 2.75) is 52.3 Å². The Kier molecular flexibility index (Phi) is 4.18. The van der Waals surface area contributed by atoms with Crippen LogP contribution in [0.2, 0.25) is 0 Å². The van der Waals surface area contributed by atoms with E-state index in [0.29, 0.717) is 0 Å². The summed E-state index contributed by atoms with van der Waals surface area (Å²) in [6.07, 6.45) is 3.54. The molecule has 0 saturated carbocycles. The van der Waals surface area contributed by atoms with Crippen LogP contribution in [0.1, 0.15) is 37.5 Å². The first-order valence-corrected chi connectivity index (χ1v) is 6.57. The van der Waals surface area contributed by atoms with Crippen molar-refractivity contribution in [3.8, 4) is 0 Å². The van der Waals surface area contributed by atoms with Crippen LogP contribution in [0.15, 0.2) is 0 Å². The lowest BCUT2D eigenvalue weighted by Gasteiger charge is -2.18. The van der Waals surface area contributed by atoms with Gasteiger partial charge >= 0.3 is 0 Å². The molecule has 0 bridgehead atoms. The summed E-state index contributed by atoms with van der Waals surface area (Å²) in [6, 6.07) is 0. The van der Waals surface area contributed by atoms with E-state index in [9.17, 15) is 0 Å². The number of hydrogen-bond acceptors (Lipinski definition) is 3. The second kappa shape index (κ2) is 5.65. The zero-order valence-corrected chi connectivity index (χ0v) is 11.1. The molecule has 1 aliphatic rings. The molecule has 4 heteroatoms. The van der Waals surface area contributed by atoms with Crippen molar-refractivity contribution in [3.63, 3.8) is 0 Å². The van der Waals surface area contributed by atoms with Crippen LogP contribution < -0.4 is 5.32 Å². The Hall–Kier alpha value is -0.870. The zero-order valence-electron chi connectivity index (χ0n) is 11.1. The fourth-order valence-electron chi connectivity index (χ4n) is 2.39. The minimum Gasteiger partial charge on any atom is -0.380 e. The van der Waals surface area contributed by atoms with Crippen molar-refractivity contribution in [1.82, 2.24) is 14.9 Å². The van der Waals surface area contributed by atoms with Crippen LogP contribution >= 0.6 is 0 Å². The first kappa shape index (κ1) is 12.6. The van der Waals surface area contributed by atoms with E-state index in [-0.39, 0.29) is 6.10 Å². The molecule has 96 valence electrons. The fraction of sp³-hybridized carbons (Fsp3) is 0.769. The van der Waals surface area contributed by atoms with Crippen molar-refractivity contribution in [2.24, 2.45) is 0 Å². The zero-order chi connectivity index (χ0) is 12.3. The minimum absolute atomic E-state index is 0.249. The van der Waals surface area contributed by atoms with Crippen LogP contribution in [-0.2, 0) is 30.7 Å². The number of imidazole rings is 1. The van der Waals surface area contributed by atoms with Gasteiger partial charge in [0.2, 0.25) is 0 Å². The first-order valence-electron chi connectivity index (χ1n) is 6.57. The predicted molar refractivity (Wildman–Crippen MR) is 68.1 cm³/mol. The molecule has 0 fully saturated rings. The number of rotatable bonds is 5. The van der Waals surface area contributed by atoms with Gasteiger partial charge in [0.05, 0.1) is 11.8 Å². The highest BCUT2D eigenvalue weighted by Gasteiger charge is 2.20. The molecule has 2 heterocycles. The highest BCUT2D eigenvalue weighted by molar-refractivity contribution is 5.20. The largest absolute Gasteiger partial charge is 0.380 e. The van der Waals surface area contributed by atoms with Crippen molar-refractivity contribution < 1.29 is 4.74 Å². The molecule has 2 rings (SSSR count). The summed E-state index contributed by atoms with van der Waals surface area (Å²) in [5, 5.41) is 3.38. The van der Waals surface area contributed by atoms with Crippen molar-refractivity contribution >= 4 is 0 Å². The predicted octanol–water partition coefficient (Wildman–Crippen LogP) is 1.52. The van der Waals surface area contributed by atoms with E-state index in [2.05, 4.69) is 23.7 Å². The smallest absolute Gasteiger partial charge is 0.109 e. The van der Waals surface area contributed by atoms with Gasteiger partial charge in [-0.1, -0.05) is 6.92 Å². The summed E-state index contributed by atoms with van der Waals surface area (Å²) in [6.45, 7) is 7.22. The number of fused-ring (bicyclic) bond motifs is 1. The van der Waals surface area contributed by atoms with Crippen LogP contribution in [0.3, 0.4) is 0 Å². The third-order valence-corrected chi connectivity index (χ3v) is 3.38. The number of aromatic nitrogens is 2. The summed E-state index contributed by atoms with van der Waals surface area (Å²) >= 11 is 0. The molecule has 1 aromatic heterocycles. The van der Waals surface area contributed by atoms with Crippen LogP contribution in [-0.4, -0.2) is 29.3 Å². The molecule has 1 aliphatic heterocycles. The molecule has 0 radical (unpaired) electrons. The number of hydrogen-bond donors (Lipinski definition) is 1. The molecule has 0 spiro atoms. The van der Waals surface area contributed by atoms with E-state index in [4.69, 9.17) is 9.72 Å². The van der Waals surface area contributed by atoms with Gasteiger partial charge in [0, 0.05) is 45.3 Å². The lowest BCUT2D eigenvalue weighted by Crippen LogP contribution is -2.26. The Morgan fingerprint density at radius 2 is 2.35 bits per heavy atom. The maximum atomic E-state index is 5.38. The molecule has 1 N–H and O–H groups in total. The Balaban J connectivity index is 2.28. The van der Waals surface area contributed by atoms with Gasteiger partial charge in [-0.2, -0.15) is 0 Å². The Bertz CT molecular complexity index is 373. The molecule has 0 amide bonds. The highest BCUT2D eigenvalue weighted by Crippen LogP contribution is 2.18. The van der Waals surface area contributed by atoms with E-state index < -0.39 is 0 Å². The molecule has 1 atom stereocenters. The highest BCUT2D eigenvalue weighted by atomic mass is 16.5. The number of aryl methyl sites for hydroxylation is 1. The maximum Gasteiger partial charge on any atom is 0.109 e. The molecule has 0 aromatic carbocycles. The summed E-state index contributed by atoms with van der Waals surface area (Å²) in [4.78, 5) is 4.77. The molecule has 0 saturated heterocycles. The molecule has 17 heavy (non-hydrogen) atoms. The van der Waals surface area contributed by atoms with E-state index in [1.807, 2.05) is 0 Å². The second-order valence-electron chi connectivity index (χ2n) is 4.76. The van der Waals surface area contributed by atoms with E-state index in [0.717, 1.165) is 38.9 Å². The Morgan fingerprint density at radius 1 is 1.53 bits per heavy atom. The van der Waals surface area contributed by atoms with Gasteiger partial charge in [-0.3, -0.25) is 0 Å². The van der Waals surface area contributed by atoms with Gasteiger partial charge < -0.3 is 14.6 Å². The fourth-order valence-corrected chi connectivity index (χ4v) is 2.39. The van der Waals surface area contributed by atoms with Gasteiger partial charge in [-0.05, 0) is 13.3 Å². The molecule has 1 aromatic rings. The lowest BCUT2D eigenvalue weighted by atomic mass is 10.2. The normalized spacial score (nSPS) is 16.9. The Labute approximate surface area is 103 Å². The van der Waals surface area contributed by atoms with Gasteiger partial charge in [-0.15, -0.1) is 0 Å². The van der Waals surface area contributed by atoms with E-state index in [1.165, 1.54) is 17.2 Å². The quantitative estimate of drug-likeness (QED) is 0.844. The van der Waals surface area contributed by atoms with Crippen molar-refractivity contribution in [3.05, 3.63) is 17.2 Å². The second-order valence-corrected chi connectivity index (χ2v) is 4.76. The summed E-state index contributed by atoms with van der Waals surface area (Å²) in [5.74, 6) is 1.23. The Morgan fingerprint density at radius 3 is 3.06 bits per heavy atom. The molecule has 4 nitrogen and oxygen atoms in total. The van der Waals surface area contributed by atoms with Gasteiger partial charge in [0.15, 0.2) is 0 Å². The van der Waals surface area contributed by atoms with Crippen LogP contribution in [0, 0.1) is 0 Å². The van der Waals surface area contributed by atoms with Crippen LogP contribution in [0.5, 0.6) is 0 Å². The minimum atomic E-state index is 0.249. The van der Waals surface area contributed by atoms with Gasteiger partial charge in [0.1, 0.15) is 5.82 Å². The SMILES string of the molecule is CCCc1nc2c(n1CC(C)OC)CCNC2. The lowest BCUT2D eigenvalue weighted by molar-refractivity contribution is 0.101. The molecular weight excluding hydrogens is 214 g/mol. The van der Waals surface area contributed by atoms with Gasteiger partial charge in [0.25, 0.3) is 0 Å². The third kappa shape index (κ3) is 2.69. The standard InChI is InChI=1S/C13H23N3O/c1-4-5-13-15-11-8-14-7-6-12(11)16(13)9-10(2)17-3/h10,14H,4-9H2,1-3H3. The number of methoxy groups -OCH3 is 1. The summed E-state index contributed by atoms with van der Waals surface area (Å²) < 4.78 is 7.77. The summed E-state index contributed by atoms with van der Waals surface area (Å²) in [5.41, 5.74) is 2.65. The van der Waals surface area contributed by atoms with Crippen molar-refractivity contribution in [1.29, 1.82) is 0 Å². The number of nitrogens with zero attached hydrogens (tertiary/aromatic N) is 2. The number of ether oxygens (including phenoxy) is 1. The van der Waals surface area contributed by atoms with Crippen LogP contribution in [0.25, 0.3) is 0 Å². The molecule has 1 unspecified atom stereocenters. The van der Waals surface area contributed by atoms with E-state index >= 15 is 0 Å². The topological polar surface area (TPSA) is 39.1 Å². The van der Waals surface area contributed by atoms with E-state index in [1.54, 1.807) is 7.11 Å². The number of nitrogens with one attached hydrogen (secondary N) is 1. The molecule has 0 aliphatic carbocycles. The maximum absolute atomic E-state index is 5.38. The van der Waals surface area contributed by atoms with Crippen LogP contribution in [0.4, 0.5) is 0 Å². The average molecular weight is 237 g/mol. The van der Waals surface area contributed by atoms with Gasteiger partial charge in [-0.25, -0.2) is 4.98 Å². The van der Waals surface area contributed by atoms with Crippen molar-refractivity contribution in [2.75, 3.05) is 13.7 Å². The third-order valence-electron chi connectivity index (χ3n) is 3.38. The molecular formula is C13H23N3O.